The van der Waals surface area contributed by atoms with Gasteiger partial charge in [0.2, 0.25) is 11.1 Å². The molecule has 1 amide bonds. The van der Waals surface area contributed by atoms with E-state index in [4.69, 9.17) is 11.6 Å². The molecule has 25 heavy (non-hydrogen) atoms. The quantitative estimate of drug-likeness (QED) is 0.648. The third-order valence-electron chi connectivity index (χ3n) is 3.67. The first-order valence-electron chi connectivity index (χ1n) is 7.71. The van der Waals surface area contributed by atoms with Crippen LogP contribution in [0.2, 0.25) is 5.02 Å². The maximum atomic E-state index is 12.2. The van der Waals surface area contributed by atoms with Crippen LogP contribution < -0.4 is 5.32 Å². The topological polar surface area (TPSA) is 70.7 Å². The fraction of sp³-hybridized carbons (Fsp3) is 0.167. The molecule has 0 unspecified atom stereocenters. The average Bonchev–Trinajstić information content (AvgIpc) is 3.06. The Labute approximate surface area is 155 Å². The van der Waals surface area contributed by atoms with Crippen molar-refractivity contribution in [3.63, 3.8) is 0 Å². The highest BCUT2D eigenvalue weighted by Gasteiger charge is 2.12. The molecule has 3 rings (SSSR count). The highest BCUT2D eigenvalue weighted by atomic mass is 35.5. The molecule has 0 fully saturated rings. The summed E-state index contributed by atoms with van der Waals surface area (Å²) < 4.78 is 0. The summed E-state index contributed by atoms with van der Waals surface area (Å²) >= 11 is 7.43. The van der Waals surface area contributed by atoms with Crippen LogP contribution in [0.25, 0.3) is 11.4 Å². The monoisotopic (exact) mass is 372 g/mol. The first kappa shape index (κ1) is 17.5. The molecule has 0 aliphatic heterocycles. The fourth-order valence-corrected chi connectivity index (χ4v) is 3.23. The average molecular weight is 373 g/mol. The van der Waals surface area contributed by atoms with Crippen molar-refractivity contribution in [3.8, 4) is 11.4 Å². The number of thioether (sulfide) groups is 1. The third-order valence-corrected chi connectivity index (χ3v) is 4.85. The van der Waals surface area contributed by atoms with Crippen LogP contribution in [0.1, 0.15) is 11.1 Å². The molecule has 0 saturated carbocycles. The number of hydrogen-bond acceptors (Lipinski definition) is 4. The van der Waals surface area contributed by atoms with Gasteiger partial charge in [-0.15, -0.1) is 5.10 Å². The van der Waals surface area contributed by atoms with Crippen molar-refractivity contribution in [2.45, 2.75) is 19.0 Å². The van der Waals surface area contributed by atoms with E-state index in [-0.39, 0.29) is 11.7 Å². The van der Waals surface area contributed by atoms with Gasteiger partial charge in [0.05, 0.1) is 10.8 Å². The number of aromatic amines is 1. The molecule has 0 saturated heterocycles. The van der Waals surface area contributed by atoms with Gasteiger partial charge in [0, 0.05) is 11.3 Å². The first-order chi connectivity index (χ1) is 12.0. The number of benzene rings is 2. The maximum absolute atomic E-state index is 12.2. The highest BCUT2D eigenvalue weighted by molar-refractivity contribution is 7.99. The summed E-state index contributed by atoms with van der Waals surface area (Å²) in [6.07, 6.45) is 0. The van der Waals surface area contributed by atoms with E-state index in [0.29, 0.717) is 16.0 Å². The number of hydrogen-bond donors (Lipinski definition) is 2. The molecular formula is C18H17ClN4OS. The summed E-state index contributed by atoms with van der Waals surface area (Å²) in [5, 5.41) is 11.0. The van der Waals surface area contributed by atoms with E-state index in [1.165, 1.54) is 11.8 Å². The minimum Gasteiger partial charge on any atom is -0.325 e. The summed E-state index contributed by atoms with van der Waals surface area (Å²) in [6.45, 7) is 3.95. The van der Waals surface area contributed by atoms with Crippen molar-refractivity contribution in [2.75, 3.05) is 11.1 Å². The zero-order valence-electron chi connectivity index (χ0n) is 13.8. The van der Waals surface area contributed by atoms with Gasteiger partial charge < -0.3 is 5.32 Å². The van der Waals surface area contributed by atoms with E-state index in [9.17, 15) is 4.79 Å². The Kier molecular flexibility index (Phi) is 5.40. The summed E-state index contributed by atoms with van der Waals surface area (Å²) in [5.41, 5.74) is 3.72. The lowest BCUT2D eigenvalue weighted by atomic mass is 10.1. The number of anilines is 1. The molecule has 2 N–H and O–H groups in total. The molecule has 1 heterocycles. The number of aryl methyl sites for hydroxylation is 2. The van der Waals surface area contributed by atoms with Crippen LogP contribution in [0.5, 0.6) is 0 Å². The van der Waals surface area contributed by atoms with Crippen LogP contribution in [-0.2, 0) is 4.79 Å². The molecule has 5 nitrogen and oxygen atoms in total. The lowest BCUT2D eigenvalue weighted by Gasteiger charge is -2.10. The number of H-pyrrole nitrogens is 1. The number of carbonyl (C=O) groups is 1. The third kappa shape index (κ3) is 4.21. The van der Waals surface area contributed by atoms with Crippen LogP contribution in [0.15, 0.2) is 47.6 Å². The summed E-state index contributed by atoms with van der Waals surface area (Å²) in [4.78, 5) is 16.6. The van der Waals surface area contributed by atoms with E-state index < -0.39 is 0 Å². The minimum atomic E-state index is -0.0912. The Morgan fingerprint density at radius 3 is 2.60 bits per heavy atom. The van der Waals surface area contributed by atoms with Gasteiger partial charge in [-0.1, -0.05) is 53.7 Å². The van der Waals surface area contributed by atoms with E-state index in [0.717, 1.165) is 22.4 Å². The smallest absolute Gasteiger partial charge is 0.234 e. The van der Waals surface area contributed by atoms with E-state index in [1.807, 2.05) is 50.2 Å². The van der Waals surface area contributed by atoms with Gasteiger partial charge in [-0.05, 0) is 37.1 Å². The van der Waals surface area contributed by atoms with Crippen LogP contribution >= 0.6 is 23.4 Å². The Balaban J connectivity index is 1.63. The van der Waals surface area contributed by atoms with Crippen molar-refractivity contribution in [3.05, 3.63) is 58.6 Å². The number of rotatable bonds is 5. The van der Waals surface area contributed by atoms with Gasteiger partial charge in [0.15, 0.2) is 5.82 Å². The van der Waals surface area contributed by atoms with Crippen molar-refractivity contribution in [2.24, 2.45) is 0 Å². The molecule has 2 aromatic carbocycles. The Bertz CT molecular complexity index is 889. The molecule has 128 valence electrons. The Hall–Kier alpha value is -2.31. The Morgan fingerprint density at radius 1 is 1.16 bits per heavy atom. The molecule has 3 aromatic rings. The van der Waals surface area contributed by atoms with E-state index >= 15 is 0 Å². The van der Waals surface area contributed by atoms with Gasteiger partial charge >= 0.3 is 0 Å². The van der Waals surface area contributed by atoms with Crippen LogP contribution in [-0.4, -0.2) is 26.8 Å². The fourth-order valence-electron chi connectivity index (χ4n) is 2.40. The minimum absolute atomic E-state index is 0.0912. The molecule has 0 bridgehead atoms. The van der Waals surface area contributed by atoms with Crippen molar-refractivity contribution in [1.82, 2.24) is 15.2 Å². The second-order valence-electron chi connectivity index (χ2n) is 5.55. The van der Waals surface area contributed by atoms with Gasteiger partial charge in [0.1, 0.15) is 0 Å². The second-order valence-corrected chi connectivity index (χ2v) is 6.90. The first-order valence-corrected chi connectivity index (χ1v) is 9.07. The van der Waals surface area contributed by atoms with Gasteiger partial charge in [-0.3, -0.25) is 9.89 Å². The highest BCUT2D eigenvalue weighted by Crippen LogP contribution is 2.26. The standard InChI is InChI=1S/C18H17ClN4OS/c1-11-6-5-7-12(2)16(11)20-15(24)10-25-18-21-17(22-23-18)13-8-3-4-9-14(13)19/h3-9H,10H2,1-2H3,(H,20,24)(H,21,22,23). The van der Waals surface area contributed by atoms with E-state index in [1.54, 1.807) is 6.07 Å². The van der Waals surface area contributed by atoms with Gasteiger partial charge in [-0.25, -0.2) is 4.98 Å². The number of nitrogens with one attached hydrogen (secondary N) is 2. The number of nitrogens with zero attached hydrogens (tertiary/aromatic N) is 2. The number of amides is 1. The zero-order valence-corrected chi connectivity index (χ0v) is 15.4. The van der Waals surface area contributed by atoms with Gasteiger partial charge in [0.25, 0.3) is 0 Å². The van der Waals surface area contributed by atoms with E-state index in [2.05, 4.69) is 20.5 Å². The van der Waals surface area contributed by atoms with Crippen LogP contribution in [0.4, 0.5) is 5.69 Å². The van der Waals surface area contributed by atoms with Crippen molar-refractivity contribution >= 4 is 35.0 Å². The summed E-state index contributed by atoms with van der Waals surface area (Å²) in [5.74, 6) is 0.725. The predicted octanol–water partition coefficient (Wildman–Crippen LogP) is 4.47. The molecule has 0 aliphatic carbocycles. The summed E-state index contributed by atoms with van der Waals surface area (Å²) in [6, 6.07) is 13.3. The molecule has 0 radical (unpaired) electrons. The molecule has 0 aliphatic rings. The molecule has 0 spiro atoms. The normalized spacial score (nSPS) is 10.7. The predicted molar refractivity (Wildman–Crippen MR) is 102 cm³/mol. The van der Waals surface area contributed by atoms with Crippen LogP contribution in [0.3, 0.4) is 0 Å². The Morgan fingerprint density at radius 2 is 1.88 bits per heavy atom. The summed E-state index contributed by atoms with van der Waals surface area (Å²) in [7, 11) is 0. The van der Waals surface area contributed by atoms with Gasteiger partial charge in [-0.2, -0.15) is 0 Å². The largest absolute Gasteiger partial charge is 0.325 e. The molecular weight excluding hydrogens is 356 g/mol. The molecule has 7 heteroatoms. The lowest BCUT2D eigenvalue weighted by Crippen LogP contribution is -2.15. The van der Waals surface area contributed by atoms with Crippen molar-refractivity contribution < 1.29 is 4.79 Å². The van der Waals surface area contributed by atoms with Crippen LogP contribution in [0, 0.1) is 13.8 Å². The zero-order chi connectivity index (χ0) is 17.8. The number of aromatic nitrogens is 3. The molecule has 0 atom stereocenters. The molecule has 1 aromatic heterocycles. The number of carbonyl (C=O) groups excluding carboxylic acids is 1. The maximum Gasteiger partial charge on any atom is 0.234 e. The SMILES string of the molecule is Cc1cccc(C)c1NC(=O)CSc1n[nH]c(-c2ccccc2Cl)n1. The number of para-hydroxylation sites is 1. The number of halogens is 1. The second kappa shape index (κ2) is 7.72. The lowest BCUT2D eigenvalue weighted by molar-refractivity contribution is -0.113. The van der Waals surface area contributed by atoms with Crippen molar-refractivity contribution in [1.29, 1.82) is 0 Å².